The maximum absolute atomic E-state index is 14.4. The van der Waals surface area contributed by atoms with Crippen molar-refractivity contribution in [2.75, 3.05) is 45.7 Å². The summed E-state index contributed by atoms with van der Waals surface area (Å²) >= 11 is 0. The summed E-state index contributed by atoms with van der Waals surface area (Å²) in [6, 6.07) is 4.32. The van der Waals surface area contributed by atoms with Crippen LogP contribution in [0.15, 0.2) is 24.3 Å². The molecule has 17 heteroatoms. The Labute approximate surface area is 301 Å². The smallest absolute Gasteiger partial charge is 0.408 e. The van der Waals surface area contributed by atoms with Gasteiger partial charge >= 0.3 is 13.7 Å². The van der Waals surface area contributed by atoms with Crippen LogP contribution in [-0.4, -0.2) is 120 Å². The van der Waals surface area contributed by atoms with Gasteiger partial charge in [0.05, 0.1) is 32.1 Å². The van der Waals surface area contributed by atoms with Gasteiger partial charge in [0.25, 0.3) is 0 Å². The van der Waals surface area contributed by atoms with Gasteiger partial charge in [0, 0.05) is 37.7 Å². The third-order valence-electron chi connectivity index (χ3n) is 10.0. The Hall–Kier alpha value is -2.75. The molecule has 0 radical (unpaired) electrons. The van der Waals surface area contributed by atoms with Crippen LogP contribution in [0.25, 0.3) is 0 Å². The summed E-state index contributed by atoms with van der Waals surface area (Å²) in [5.41, 5.74) is 0.840. The zero-order chi connectivity index (χ0) is 37.2. The van der Waals surface area contributed by atoms with E-state index in [0.717, 1.165) is 48.8 Å². The number of piperidine rings is 1. The molecule has 1 aromatic rings. The van der Waals surface area contributed by atoms with Gasteiger partial charge in [-0.1, -0.05) is 50.3 Å². The summed E-state index contributed by atoms with van der Waals surface area (Å²) in [6.45, 7) is 4.22. The molecule has 1 saturated heterocycles. The molecule has 2 aliphatic heterocycles. The Morgan fingerprint density at radius 1 is 1.04 bits per heavy atom. The van der Waals surface area contributed by atoms with Crippen molar-refractivity contribution in [1.29, 1.82) is 0 Å². The molecule has 1 aliphatic carbocycles. The van der Waals surface area contributed by atoms with E-state index in [-0.39, 0.29) is 76.8 Å². The number of benzene rings is 1. The quantitative estimate of drug-likeness (QED) is 0.207. The topological polar surface area (TPSA) is 192 Å². The minimum absolute atomic E-state index is 0.0512. The summed E-state index contributed by atoms with van der Waals surface area (Å²) in [6.07, 6.45) is 4.81. The average Bonchev–Trinajstić information content (AvgIpc) is 3.32. The lowest BCUT2D eigenvalue weighted by molar-refractivity contribution is -0.133. The number of fused-ring (bicyclic) bond motifs is 1. The van der Waals surface area contributed by atoms with Crippen LogP contribution < -0.4 is 10.1 Å². The number of hydrogen-bond donors (Lipinski definition) is 3. The molecule has 288 valence electrons. The number of para-hydroxylation sites is 1. The fourth-order valence-electron chi connectivity index (χ4n) is 7.40. The van der Waals surface area contributed by atoms with Gasteiger partial charge in [0.2, 0.25) is 21.8 Å². The van der Waals surface area contributed by atoms with Crippen molar-refractivity contribution in [3.05, 3.63) is 29.8 Å². The van der Waals surface area contributed by atoms with Crippen molar-refractivity contribution in [2.45, 2.75) is 109 Å². The predicted octanol–water partition coefficient (Wildman–Crippen LogP) is 4.00. The third kappa shape index (κ3) is 11.1. The first-order valence-corrected chi connectivity index (χ1v) is 21.6. The lowest BCUT2D eigenvalue weighted by atomic mass is 9.83. The molecule has 0 spiro atoms. The van der Waals surface area contributed by atoms with Crippen LogP contribution in [0, 0.1) is 5.92 Å². The number of carboxylic acid groups (broad SMARTS) is 1. The van der Waals surface area contributed by atoms with Crippen molar-refractivity contribution >= 4 is 35.5 Å². The molecule has 1 aromatic carbocycles. The maximum Gasteiger partial charge on any atom is 0.408 e. The van der Waals surface area contributed by atoms with Gasteiger partial charge in [-0.05, 0) is 51.5 Å². The number of carbonyl (C=O) groups excluding carboxylic acids is 2. The summed E-state index contributed by atoms with van der Waals surface area (Å²) in [7, 11) is -7.69. The number of rotatable bonds is 16. The van der Waals surface area contributed by atoms with Crippen molar-refractivity contribution < 1.29 is 51.4 Å². The maximum atomic E-state index is 14.4. The van der Waals surface area contributed by atoms with Crippen LogP contribution in [-0.2, 0) is 39.8 Å². The van der Waals surface area contributed by atoms with Gasteiger partial charge < -0.3 is 34.2 Å². The van der Waals surface area contributed by atoms with E-state index < -0.39 is 53.6 Å². The average molecular weight is 759 g/mol. The first-order chi connectivity index (χ1) is 24.3. The zero-order valence-corrected chi connectivity index (χ0v) is 31.7. The molecule has 1 unspecified atom stereocenters. The molecule has 3 aliphatic rings. The molecule has 3 amide bonds. The van der Waals surface area contributed by atoms with Crippen molar-refractivity contribution in [3.63, 3.8) is 0 Å². The van der Waals surface area contributed by atoms with Gasteiger partial charge in [-0.3, -0.25) is 19.1 Å². The number of aliphatic hydroxyl groups is 1. The summed E-state index contributed by atoms with van der Waals surface area (Å²) in [5.74, 6) is -2.05. The number of carbonyl (C=O) groups is 3. The summed E-state index contributed by atoms with van der Waals surface area (Å²) in [4.78, 5) is 43.7. The molecule has 0 bridgehead atoms. The fraction of sp³-hybridized carbons (Fsp3) is 0.735. The molecule has 2 fully saturated rings. The molecule has 3 N–H and O–H groups in total. The van der Waals surface area contributed by atoms with Crippen LogP contribution in [0.3, 0.4) is 0 Å². The minimum atomic E-state index is -4.22. The Morgan fingerprint density at radius 3 is 2.29 bits per heavy atom. The lowest BCUT2D eigenvalue weighted by Gasteiger charge is -2.41. The Kier molecular flexibility index (Phi) is 15.1. The normalized spacial score (nSPS) is 20.0. The molecule has 3 atom stereocenters. The second-order valence-electron chi connectivity index (χ2n) is 13.6. The van der Waals surface area contributed by atoms with Crippen molar-refractivity contribution in [2.24, 2.45) is 5.92 Å². The van der Waals surface area contributed by atoms with Crippen LogP contribution in [0.4, 0.5) is 4.79 Å². The predicted molar refractivity (Wildman–Crippen MR) is 190 cm³/mol. The first-order valence-electron chi connectivity index (χ1n) is 18.1. The molecular weight excluding hydrogens is 703 g/mol. The van der Waals surface area contributed by atoms with Crippen molar-refractivity contribution in [3.8, 4) is 5.75 Å². The van der Waals surface area contributed by atoms with Gasteiger partial charge in [-0.2, -0.15) is 0 Å². The molecule has 1 saturated carbocycles. The van der Waals surface area contributed by atoms with E-state index >= 15 is 0 Å². The van der Waals surface area contributed by atoms with Crippen LogP contribution in [0.5, 0.6) is 5.75 Å². The summed E-state index contributed by atoms with van der Waals surface area (Å²) < 4.78 is 56.2. The number of nitrogens with zero attached hydrogens (tertiary/aromatic N) is 3. The number of amides is 3. The molecular formula is C34H55N4O11PS. The van der Waals surface area contributed by atoms with E-state index in [4.69, 9.17) is 13.8 Å². The highest BCUT2D eigenvalue weighted by Crippen LogP contribution is 2.53. The highest BCUT2D eigenvalue weighted by atomic mass is 32.2. The number of nitrogens with one attached hydrogen (secondary N) is 1. The van der Waals surface area contributed by atoms with E-state index in [0.29, 0.717) is 18.8 Å². The molecule has 51 heavy (non-hydrogen) atoms. The van der Waals surface area contributed by atoms with Crippen LogP contribution in [0.1, 0.15) is 83.6 Å². The van der Waals surface area contributed by atoms with E-state index in [2.05, 4.69) is 5.32 Å². The minimum Gasteiger partial charge on any atom is -0.491 e. The molecule has 15 nitrogen and oxygen atoms in total. The van der Waals surface area contributed by atoms with Crippen molar-refractivity contribution in [1.82, 2.24) is 19.4 Å². The number of ether oxygens (including phenoxy) is 1. The molecule has 2 heterocycles. The second-order valence-corrected chi connectivity index (χ2v) is 17.7. The Balaban J connectivity index is 1.60. The van der Waals surface area contributed by atoms with E-state index in [9.17, 15) is 37.6 Å². The lowest BCUT2D eigenvalue weighted by Crippen LogP contribution is -2.59. The van der Waals surface area contributed by atoms with E-state index in [1.54, 1.807) is 18.7 Å². The fourth-order valence-corrected chi connectivity index (χ4v) is 10.0. The van der Waals surface area contributed by atoms with Gasteiger partial charge in [0.15, 0.2) is 5.85 Å². The summed E-state index contributed by atoms with van der Waals surface area (Å²) in [5, 5.41) is 24.9. The highest BCUT2D eigenvalue weighted by Gasteiger charge is 2.44. The van der Waals surface area contributed by atoms with Gasteiger partial charge in [-0.25, -0.2) is 17.5 Å². The number of sulfonamides is 1. The van der Waals surface area contributed by atoms with Crippen LogP contribution in [0.2, 0.25) is 0 Å². The molecule has 0 aromatic heterocycles. The van der Waals surface area contributed by atoms with Gasteiger partial charge in [-0.15, -0.1) is 0 Å². The monoisotopic (exact) mass is 758 g/mol. The largest absolute Gasteiger partial charge is 0.491 e. The molecule has 4 rings (SSSR count). The van der Waals surface area contributed by atoms with E-state index in [1.807, 2.05) is 24.3 Å². The third-order valence-corrected chi connectivity index (χ3v) is 13.6. The zero-order valence-electron chi connectivity index (χ0n) is 30.0. The number of hydrogen-bond acceptors (Lipinski definition) is 10. The standard InChI is InChI=1S/C34H55N4O11PS/c1-4-48-50(44,49-5-2)33(41)28(15-16-31(39)36-21-22-47-30-14-10-9-13-26(30)24-36)35-32(40)29(23-25-11-7-6-8-12-25)38(34(42)43)27-17-19-37(20-18-27)51(3,45)46/h9-10,13-14,25,27-29,33,41H,4-8,11-12,15-24H2,1-3H3,(H,35,40)(H,42,43)/t28-,29-,33?/m0/s1. The Bertz CT molecular complexity index is 1470. The SMILES string of the molecule is CCOP(=O)(OCC)C(O)[C@H](CCC(=O)N1CCOc2ccccc2C1)NC(=O)[C@H](CC1CCCCC1)N(C(=O)O)C1CCN(S(C)(=O)=O)CC1. The van der Waals surface area contributed by atoms with Gasteiger partial charge in [0.1, 0.15) is 18.4 Å². The highest BCUT2D eigenvalue weighted by molar-refractivity contribution is 7.88. The first kappa shape index (κ1) is 41.0. The second kappa shape index (κ2) is 18.8. The van der Waals surface area contributed by atoms with E-state index in [1.165, 1.54) is 4.31 Å². The van der Waals surface area contributed by atoms with Crippen LogP contribution >= 0.6 is 7.60 Å². The number of aliphatic hydroxyl groups excluding tert-OH is 1. The Morgan fingerprint density at radius 2 is 1.69 bits per heavy atom.